The Morgan fingerprint density at radius 2 is 1.94 bits per heavy atom. The molecule has 2 heterocycles. The van der Waals surface area contributed by atoms with Crippen molar-refractivity contribution >= 4 is 28.9 Å². The highest BCUT2D eigenvalue weighted by Gasteiger charge is 2.19. The molecule has 4 aromatic rings. The first kappa shape index (κ1) is 21.3. The summed E-state index contributed by atoms with van der Waals surface area (Å²) in [5.41, 5.74) is 2.86. The topological polar surface area (TPSA) is 90.7 Å². The number of anilines is 1. The molecule has 4 rings (SSSR count). The maximum Gasteiger partial charge on any atom is 0.375 e. The van der Waals surface area contributed by atoms with Crippen molar-refractivity contribution in [1.82, 2.24) is 4.98 Å². The van der Waals surface area contributed by atoms with Crippen LogP contribution < -0.4 is 10.1 Å². The lowest BCUT2D eigenvalue weighted by Crippen LogP contribution is -2.21. The molecule has 0 aliphatic rings. The Kier molecular flexibility index (Phi) is 6.62. The molecule has 2 aromatic carbocycles. The maximum atomic E-state index is 12.4. The standard InChI is InChI=1S/C24H20N2O5S/c1-16-25-21(15-32-16)17-6-5-7-19(12-17)26-22(27)14-31-24(28)23-18(10-11-29-23)13-30-20-8-3-2-4-9-20/h2-12,15H,13-14H2,1H3,(H,26,27). The second-order valence-electron chi connectivity index (χ2n) is 6.83. The molecule has 0 radical (unpaired) electrons. The van der Waals surface area contributed by atoms with Gasteiger partial charge in [0, 0.05) is 22.2 Å². The summed E-state index contributed by atoms with van der Waals surface area (Å²) < 4.78 is 16.0. The fraction of sp³-hybridized carbons (Fsp3) is 0.125. The molecule has 0 aliphatic carbocycles. The number of carbonyl (C=O) groups excluding carboxylic acids is 2. The lowest BCUT2D eigenvalue weighted by atomic mass is 10.1. The van der Waals surface area contributed by atoms with Crippen molar-refractivity contribution in [2.75, 3.05) is 11.9 Å². The van der Waals surface area contributed by atoms with Gasteiger partial charge in [0.05, 0.1) is 17.0 Å². The van der Waals surface area contributed by atoms with Crippen LogP contribution in [0.1, 0.15) is 21.1 Å². The average molecular weight is 449 g/mol. The third-order valence-corrected chi connectivity index (χ3v) is 5.24. The normalized spacial score (nSPS) is 10.5. The van der Waals surface area contributed by atoms with Gasteiger partial charge in [0.25, 0.3) is 5.91 Å². The van der Waals surface area contributed by atoms with Crippen LogP contribution in [0.25, 0.3) is 11.3 Å². The highest BCUT2D eigenvalue weighted by Crippen LogP contribution is 2.24. The van der Waals surface area contributed by atoms with Crippen LogP contribution in [0.2, 0.25) is 0 Å². The highest BCUT2D eigenvalue weighted by atomic mass is 32.1. The Morgan fingerprint density at radius 3 is 2.72 bits per heavy atom. The van der Waals surface area contributed by atoms with E-state index in [0.29, 0.717) is 17.0 Å². The summed E-state index contributed by atoms with van der Waals surface area (Å²) in [5.74, 6) is -0.515. The first-order valence-electron chi connectivity index (χ1n) is 9.82. The molecule has 8 heteroatoms. The Morgan fingerprint density at radius 1 is 1.09 bits per heavy atom. The first-order chi connectivity index (χ1) is 15.6. The quantitative estimate of drug-likeness (QED) is 0.378. The van der Waals surface area contributed by atoms with Crippen LogP contribution in [0.15, 0.2) is 76.7 Å². The summed E-state index contributed by atoms with van der Waals surface area (Å²) in [6, 6.07) is 18.2. The number of ether oxygens (including phenoxy) is 2. The van der Waals surface area contributed by atoms with E-state index >= 15 is 0 Å². The monoisotopic (exact) mass is 448 g/mol. The van der Waals surface area contributed by atoms with Gasteiger partial charge in [0.1, 0.15) is 12.4 Å². The molecule has 0 saturated carbocycles. The average Bonchev–Trinajstić information content (AvgIpc) is 3.46. The van der Waals surface area contributed by atoms with Crippen molar-refractivity contribution in [3.63, 3.8) is 0 Å². The van der Waals surface area contributed by atoms with Crippen LogP contribution in [-0.2, 0) is 16.1 Å². The third kappa shape index (κ3) is 5.41. The lowest BCUT2D eigenvalue weighted by molar-refractivity contribution is -0.119. The second kappa shape index (κ2) is 9.93. The minimum absolute atomic E-state index is 0.00892. The number of hydrogen-bond acceptors (Lipinski definition) is 7. The summed E-state index contributed by atoms with van der Waals surface area (Å²) in [6.45, 7) is 1.63. The summed E-state index contributed by atoms with van der Waals surface area (Å²) >= 11 is 1.56. The molecule has 0 fully saturated rings. The zero-order valence-corrected chi connectivity index (χ0v) is 18.1. The van der Waals surface area contributed by atoms with Crippen LogP contribution in [0.5, 0.6) is 5.75 Å². The Balaban J connectivity index is 1.31. The number of esters is 1. The third-order valence-electron chi connectivity index (χ3n) is 4.47. The number of nitrogens with one attached hydrogen (secondary N) is 1. The Labute approximate surface area is 188 Å². The lowest BCUT2D eigenvalue weighted by Gasteiger charge is -2.08. The van der Waals surface area contributed by atoms with E-state index in [-0.39, 0.29) is 12.4 Å². The van der Waals surface area contributed by atoms with E-state index < -0.39 is 18.5 Å². The van der Waals surface area contributed by atoms with Crippen LogP contribution in [0.4, 0.5) is 5.69 Å². The second-order valence-corrected chi connectivity index (χ2v) is 7.90. The number of rotatable bonds is 8. The fourth-order valence-corrected chi connectivity index (χ4v) is 3.57. The van der Waals surface area contributed by atoms with Gasteiger partial charge in [0.2, 0.25) is 5.76 Å². The molecule has 1 amide bonds. The number of aromatic nitrogens is 1. The number of nitrogens with zero attached hydrogens (tertiary/aromatic N) is 1. The number of carbonyl (C=O) groups is 2. The number of hydrogen-bond donors (Lipinski definition) is 1. The smallest absolute Gasteiger partial charge is 0.375 e. The number of furan rings is 1. The molecule has 162 valence electrons. The predicted molar refractivity (Wildman–Crippen MR) is 121 cm³/mol. The van der Waals surface area contributed by atoms with Crippen molar-refractivity contribution in [3.05, 3.63) is 88.6 Å². The number of benzene rings is 2. The van der Waals surface area contributed by atoms with Gasteiger partial charge in [-0.2, -0.15) is 0 Å². The number of para-hydroxylation sites is 1. The number of aryl methyl sites for hydroxylation is 1. The first-order valence-corrected chi connectivity index (χ1v) is 10.7. The molecule has 7 nitrogen and oxygen atoms in total. The number of amides is 1. The minimum atomic E-state index is -0.733. The molecule has 0 spiro atoms. The molecule has 1 N–H and O–H groups in total. The summed E-state index contributed by atoms with van der Waals surface area (Å²) in [7, 11) is 0. The fourth-order valence-electron chi connectivity index (χ4n) is 2.95. The summed E-state index contributed by atoms with van der Waals surface area (Å²) in [4.78, 5) is 29.1. The highest BCUT2D eigenvalue weighted by molar-refractivity contribution is 7.09. The van der Waals surface area contributed by atoms with E-state index in [4.69, 9.17) is 13.9 Å². The van der Waals surface area contributed by atoms with E-state index in [9.17, 15) is 9.59 Å². The number of thiazole rings is 1. The van der Waals surface area contributed by atoms with Crippen molar-refractivity contribution in [2.24, 2.45) is 0 Å². The SMILES string of the molecule is Cc1nc(-c2cccc(NC(=O)COC(=O)c3occc3COc3ccccc3)c2)cs1. The van der Waals surface area contributed by atoms with Crippen LogP contribution in [0, 0.1) is 6.92 Å². The zero-order valence-electron chi connectivity index (χ0n) is 17.2. The molecule has 0 unspecified atom stereocenters. The summed E-state index contributed by atoms with van der Waals surface area (Å²) in [6.07, 6.45) is 1.38. The predicted octanol–water partition coefficient (Wildman–Crippen LogP) is 5.09. The van der Waals surface area contributed by atoms with Crippen LogP contribution in [-0.4, -0.2) is 23.5 Å². The molecule has 32 heavy (non-hydrogen) atoms. The van der Waals surface area contributed by atoms with Crippen LogP contribution in [0.3, 0.4) is 0 Å². The van der Waals surface area contributed by atoms with Crippen molar-refractivity contribution in [1.29, 1.82) is 0 Å². The van der Waals surface area contributed by atoms with E-state index in [0.717, 1.165) is 16.3 Å². The Bertz CT molecular complexity index is 1220. The molecule has 2 aromatic heterocycles. The van der Waals surface area contributed by atoms with Gasteiger partial charge in [-0.05, 0) is 37.3 Å². The van der Waals surface area contributed by atoms with Gasteiger partial charge in [-0.15, -0.1) is 11.3 Å². The molecule has 0 saturated heterocycles. The van der Waals surface area contributed by atoms with Crippen molar-refractivity contribution < 1.29 is 23.5 Å². The maximum absolute atomic E-state index is 12.4. The van der Waals surface area contributed by atoms with E-state index in [1.54, 1.807) is 23.5 Å². The molecule has 0 aliphatic heterocycles. The molecular formula is C24H20N2O5S. The van der Waals surface area contributed by atoms with Gasteiger partial charge < -0.3 is 19.2 Å². The summed E-state index contributed by atoms with van der Waals surface area (Å²) in [5, 5.41) is 5.65. The largest absolute Gasteiger partial charge is 0.489 e. The zero-order chi connectivity index (χ0) is 22.3. The van der Waals surface area contributed by atoms with E-state index in [1.165, 1.54) is 6.26 Å². The van der Waals surface area contributed by atoms with Crippen LogP contribution >= 0.6 is 11.3 Å². The molecular weight excluding hydrogens is 428 g/mol. The van der Waals surface area contributed by atoms with Gasteiger partial charge in [-0.3, -0.25) is 4.79 Å². The van der Waals surface area contributed by atoms with Gasteiger partial charge in [-0.1, -0.05) is 30.3 Å². The van der Waals surface area contributed by atoms with Crippen molar-refractivity contribution in [2.45, 2.75) is 13.5 Å². The Hall–Kier alpha value is -3.91. The molecule has 0 atom stereocenters. The van der Waals surface area contributed by atoms with E-state index in [2.05, 4.69) is 10.3 Å². The van der Waals surface area contributed by atoms with Gasteiger partial charge in [0.15, 0.2) is 6.61 Å². The minimum Gasteiger partial charge on any atom is -0.489 e. The van der Waals surface area contributed by atoms with Gasteiger partial charge in [-0.25, -0.2) is 9.78 Å². The van der Waals surface area contributed by atoms with E-state index in [1.807, 2.05) is 60.8 Å². The molecule has 0 bridgehead atoms. The van der Waals surface area contributed by atoms with Crippen molar-refractivity contribution in [3.8, 4) is 17.0 Å². The van der Waals surface area contributed by atoms with Gasteiger partial charge >= 0.3 is 5.97 Å².